The van der Waals surface area contributed by atoms with Gasteiger partial charge in [0.25, 0.3) is 5.91 Å². The van der Waals surface area contributed by atoms with Crippen LogP contribution in [0.3, 0.4) is 0 Å². The number of carbonyl (C=O) groups excluding carboxylic acids is 1. The number of hydrogen-bond donors (Lipinski definition) is 1. The third-order valence-corrected chi connectivity index (χ3v) is 5.58. The van der Waals surface area contributed by atoms with Crippen molar-refractivity contribution in [2.24, 2.45) is 11.3 Å². The molecule has 1 aromatic rings. The molecule has 1 saturated carbocycles. The minimum atomic E-state index is -0.704. The summed E-state index contributed by atoms with van der Waals surface area (Å²) in [6.45, 7) is 3.06. The molecule has 2 aliphatic rings. The van der Waals surface area contributed by atoms with Gasteiger partial charge in [-0.05, 0) is 43.7 Å². The Morgan fingerprint density at radius 1 is 1.39 bits per heavy atom. The molecule has 1 amide bonds. The summed E-state index contributed by atoms with van der Waals surface area (Å²) in [7, 11) is 0. The van der Waals surface area contributed by atoms with E-state index in [9.17, 15) is 9.59 Å². The molecule has 1 saturated heterocycles. The van der Waals surface area contributed by atoms with Crippen molar-refractivity contribution in [1.82, 2.24) is 4.90 Å². The molecule has 1 N–H and O–H groups in total. The van der Waals surface area contributed by atoms with Crippen molar-refractivity contribution in [2.45, 2.75) is 26.2 Å². The summed E-state index contributed by atoms with van der Waals surface area (Å²) in [5.41, 5.74) is 0.759. The predicted molar refractivity (Wildman–Crippen MR) is 85.7 cm³/mol. The van der Waals surface area contributed by atoms with Crippen molar-refractivity contribution in [3.8, 4) is 5.75 Å². The lowest BCUT2D eigenvalue weighted by atomic mass is 9.91. The molecule has 1 spiro atoms. The predicted octanol–water partition coefficient (Wildman–Crippen LogP) is 2.74. The van der Waals surface area contributed by atoms with E-state index < -0.39 is 5.97 Å². The van der Waals surface area contributed by atoms with Crippen LogP contribution in [-0.4, -0.2) is 41.6 Å². The van der Waals surface area contributed by atoms with Crippen LogP contribution in [0.1, 0.15) is 24.8 Å². The highest BCUT2D eigenvalue weighted by Gasteiger charge is 2.59. The Balaban J connectivity index is 1.51. The average Bonchev–Trinajstić information content (AvgIpc) is 3.23. The topological polar surface area (TPSA) is 66.8 Å². The molecule has 1 unspecified atom stereocenters. The van der Waals surface area contributed by atoms with Crippen molar-refractivity contribution < 1.29 is 19.4 Å². The van der Waals surface area contributed by atoms with E-state index >= 15 is 0 Å². The number of halogens is 1. The van der Waals surface area contributed by atoms with Crippen LogP contribution in [0.15, 0.2) is 18.2 Å². The molecule has 1 atom stereocenters. The first-order chi connectivity index (χ1) is 10.9. The first-order valence-corrected chi connectivity index (χ1v) is 8.19. The van der Waals surface area contributed by atoms with Crippen LogP contribution < -0.4 is 4.74 Å². The Labute approximate surface area is 140 Å². The fourth-order valence-corrected chi connectivity index (χ4v) is 3.59. The summed E-state index contributed by atoms with van der Waals surface area (Å²) in [4.78, 5) is 25.1. The minimum absolute atomic E-state index is 0.0173. The van der Waals surface area contributed by atoms with E-state index in [1.54, 1.807) is 23.1 Å². The molecule has 3 rings (SSSR count). The lowest BCUT2D eigenvalue weighted by Crippen LogP contribution is -2.42. The summed E-state index contributed by atoms with van der Waals surface area (Å²) in [5.74, 6) is -0.367. The highest BCUT2D eigenvalue weighted by Crippen LogP contribution is 2.59. The van der Waals surface area contributed by atoms with Crippen molar-refractivity contribution >= 4 is 23.5 Å². The molecule has 1 heterocycles. The molecule has 2 fully saturated rings. The number of likely N-dealkylation sites (tertiary alicyclic amines) is 1. The van der Waals surface area contributed by atoms with Crippen LogP contribution in [0.2, 0.25) is 5.02 Å². The van der Waals surface area contributed by atoms with E-state index in [4.69, 9.17) is 21.4 Å². The Bertz CT molecular complexity index is 637. The second kappa shape index (κ2) is 6.04. The zero-order valence-corrected chi connectivity index (χ0v) is 13.8. The van der Waals surface area contributed by atoms with Crippen LogP contribution >= 0.6 is 11.6 Å². The molecule has 23 heavy (non-hydrogen) atoms. The zero-order valence-electron chi connectivity index (χ0n) is 13.0. The number of rotatable bonds is 4. The van der Waals surface area contributed by atoms with Gasteiger partial charge in [-0.2, -0.15) is 0 Å². The van der Waals surface area contributed by atoms with E-state index in [2.05, 4.69) is 0 Å². The number of carbonyl (C=O) groups is 2. The number of benzene rings is 1. The third kappa shape index (κ3) is 3.15. The number of carboxylic acid groups (broad SMARTS) is 1. The van der Waals surface area contributed by atoms with Crippen LogP contribution in [0.5, 0.6) is 5.75 Å². The van der Waals surface area contributed by atoms with E-state index in [1.165, 1.54) is 0 Å². The van der Waals surface area contributed by atoms with Gasteiger partial charge in [0, 0.05) is 23.7 Å². The highest BCUT2D eigenvalue weighted by molar-refractivity contribution is 6.31. The lowest BCUT2D eigenvalue weighted by Gasteiger charge is -2.32. The smallest absolute Gasteiger partial charge is 0.307 e. The van der Waals surface area contributed by atoms with Crippen molar-refractivity contribution in [3.63, 3.8) is 0 Å². The first-order valence-electron chi connectivity index (χ1n) is 7.81. The number of amides is 1. The largest absolute Gasteiger partial charge is 0.483 e. The third-order valence-electron chi connectivity index (χ3n) is 5.17. The molecule has 0 aromatic heterocycles. The van der Waals surface area contributed by atoms with Crippen LogP contribution in [0.4, 0.5) is 0 Å². The molecule has 124 valence electrons. The Hall–Kier alpha value is -1.75. The maximum Gasteiger partial charge on any atom is 0.307 e. The zero-order chi connectivity index (χ0) is 16.6. The maximum absolute atomic E-state index is 12.3. The van der Waals surface area contributed by atoms with Gasteiger partial charge in [-0.15, -0.1) is 0 Å². The van der Waals surface area contributed by atoms with Gasteiger partial charge < -0.3 is 14.7 Å². The van der Waals surface area contributed by atoms with Gasteiger partial charge in [0.05, 0.1) is 5.92 Å². The van der Waals surface area contributed by atoms with Crippen LogP contribution in [-0.2, 0) is 9.59 Å². The van der Waals surface area contributed by atoms with Crippen LogP contribution in [0, 0.1) is 18.3 Å². The van der Waals surface area contributed by atoms with Gasteiger partial charge in [-0.25, -0.2) is 0 Å². The second-order valence-electron chi connectivity index (χ2n) is 6.49. The Morgan fingerprint density at radius 3 is 2.70 bits per heavy atom. The molecule has 1 aromatic carbocycles. The molecule has 0 bridgehead atoms. The van der Waals surface area contributed by atoms with Gasteiger partial charge in [0.1, 0.15) is 5.75 Å². The Kier molecular flexibility index (Phi) is 4.23. The fourth-order valence-electron chi connectivity index (χ4n) is 3.43. The standard InChI is InChI=1S/C17H20ClNO4/c1-11-13(18)3-2-4-14(11)23-10-15(20)19-7-5-17(6-8-19)9-12(17)16(21)22/h2-4,12H,5-10H2,1H3,(H,21,22). The quantitative estimate of drug-likeness (QED) is 0.917. The summed E-state index contributed by atoms with van der Waals surface area (Å²) in [5, 5.41) is 9.71. The number of piperidine rings is 1. The fraction of sp³-hybridized carbons (Fsp3) is 0.529. The van der Waals surface area contributed by atoms with Crippen LogP contribution in [0.25, 0.3) is 0 Å². The number of nitrogens with zero attached hydrogens (tertiary/aromatic N) is 1. The maximum atomic E-state index is 12.3. The molecule has 5 nitrogen and oxygen atoms in total. The molecular weight excluding hydrogens is 318 g/mol. The Morgan fingerprint density at radius 2 is 2.09 bits per heavy atom. The normalized spacial score (nSPS) is 22.0. The average molecular weight is 338 g/mol. The summed E-state index contributed by atoms with van der Waals surface area (Å²) in [6.07, 6.45) is 2.29. The van der Waals surface area contributed by atoms with E-state index in [-0.39, 0.29) is 23.8 Å². The van der Waals surface area contributed by atoms with Gasteiger partial charge in [0.15, 0.2) is 6.61 Å². The van der Waals surface area contributed by atoms with Crippen molar-refractivity contribution in [3.05, 3.63) is 28.8 Å². The van der Waals surface area contributed by atoms with Crippen molar-refractivity contribution in [1.29, 1.82) is 0 Å². The molecule has 0 radical (unpaired) electrons. The lowest BCUT2D eigenvalue weighted by molar-refractivity contribution is -0.140. The highest BCUT2D eigenvalue weighted by atomic mass is 35.5. The van der Waals surface area contributed by atoms with E-state index in [0.29, 0.717) is 23.9 Å². The number of hydrogen-bond acceptors (Lipinski definition) is 3. The van der Waals surface area contributed by atoms with Gasteiger partial charge in [0.2, 0.25) is 0 Å². The van der Waals surface area contributed by atoms with E-state index in [0.717, 1.165) is 24.8 Å². The van der Waals surface area contributed by atoms with Crippen molar-refractivity contribution in [2.75, 3.05) is 19.7 Å². The monoisotopic (exact) mass is 337 g/mol. The summed E-state index contributed by atoms with van der Waals surface area (Å²) < 4.78 is 5.59. The van der Waals surface area contributed by atoms with Gasteiger partial charge in [-0.3, -0.25) is 9.59 Å². The summed E-state index contributed by atoms with van der Waals surface area (Å²) >= 11 is 6.03. The molecule has 1 aliphatic heterocycles. The molecule has 1 aliphatic carbocycles. The second-order valence-corrected chi connectivity index (χ2v) is 6.90. The number of ether oxygens (including phenoxy) is 1. The SMILES string of the molecule is Cc1c(Cl)cccc1OCC(=O)N1CCC2(CC1)CC2C(=O)O. The van der Waals surface area contributed by atoms with Gasteiger partial charge in [-0.1, -0.05) is 17.7 Å². The molecular formula is C17H20ClNO4. The number of carboxylic acids is 1. The summed E-state index contributed by atoms with van der Waals surface area (Å²) in [6, 6.07) is 5.37. The molecule has 6 heteroatoms. The first kappa shape index (κ1) is 16.1. The minimum Gasteiger partial charge on any atom is -0.483 e. The van der Waals surface area contributed by atoms with Gasteiger partial charge >= 0.3 is 5.97 Å². The number of aliphatic carboxylic acids is 1. The van der Waals surface area contributed by atoms with E-state index in [1.807, 2.05) is 6.92 Å².